The lowest BCUT2D eigenvalue weighted by Gasteiger charge is -1.94. The monoisotopic (exact) mass is 255 g/mol. The summed E-state index contributed by atoms with van der Waals surface area (Å²) in [6, 6.07) is 0. The van der Waals surface area contributed by atoms with Crippen LogP contribution in [0.1, 0.15) is 18.4 Å². The van der Waals surface area contributed by atoms with E-state index >= 15 is 0 Å². The fourth-order valence-electron chi connectivity index (χ4n) is 0.978. The second-order valence-electron chi connectivity index (χ2n) is 3.10. The third kappa shape index (κ3) is 4.73. The molecule has 0 fully saturated rings. The number of ether oxygens (including phenoxy) is 1. The number of hydrogen-bond donors (Lipinski definition) is 1. The number of esters is 1. The zero-order valence-corrected chi connectivity index (χ0v) is 10.4. The van der Waals surface area contributed by atoms with E-state index in [1.807, 2.05) is 6.92 Å². The number of methoxy groups -OCH3 is 1. The zero-order valence-electron chi connectivity index (χ0n) is 9.60. The van der Waals surface area contributed by atoms with Crippen molar-refractivity contribution >= 4 is 28.3 Å². The molecule has 0 bridgehead atoms. The number of amides is 1. The van der Waals surface area contributed by atoms with Crippen molar-refractivity contribution in [3.8, 4) is 0 Å². The molecule has 0 radical (unpaired) electrons. The van der Waals surface area contributed by atoms with Gasteiger partial charge in [-0.2, -0.15) is 0 Å². The fraction of sp³-hybridized carbons (Fsp3) is 0.400. The first kappa shape index (κ1) is 13.3. The molecule has 1 N–H and O–H groups in total. The van der Waals surface area contributed by atoms with E-state index in [-0.39, 0.29) is 0 Å². The first-order valence-electron chi connectivity index (χ1n) is 5.05. The molecule has 0 unspecified atom stereocenters. The van der Waals surface area contributed by atoms with E-state index in [9.17, 15) is 9.59 Å². The number of aryl methyl sites for hydroxylation is 1. The molecule has 1 rings (SSSR count). The van der Waals surface area contributed by atoms with Crippen LogP contribution in [0.4, 0.5) is 5.13 Å². The maximum Gasteiger partial charge on any atom is 0.330 e. The standard InChI is InChI=1S/C10H13N3O3S/c1-3-4-8-12-13-10(17-8)11-7(14)5-6-9(15)16-2/h5-6H,3-4H2,1-2H3,(H,11,13,14)/b6-5+. The highest BCUT2D eigenvalue weighted by molar-refractivity contribution is 7.15. The van der Waals surface area contributed by atoms with E-state index in [0.29, 0.717) is 5.13 Å². The van der Waals surface area contributed by atoms with Crippen molar-refractivity contribution < 1.29 is 14.3 Å². The number of carbonyl (C=O) groups is 2. The second-order valence-corrected chi connectivity index (χ2v) is 4.16. The van der Waals surface area contributed by atoms with Crippen LogP contribution in [0.5, 0.6) is 0 Å². The lowest BCUT2D eigenvalue weighted by atomic mass is 10.4. The average Bonchev–Trinajstić information content (AvgIpc) is 2.74. The van der Waals surface area contributed by atoms with Gasteiger partial charge < -0.3 is 4.74 Å². The lowest BCUT2D eigenvalue weighted by molar-refractivity contribution is -0.135. The first-order valence-corrected chi connectivity index (χ1v) is 5.86. The van der Waals surface area contributed by atoms with E-state index in [1.165, 1.54) is 18.4 Å². The van der Waals surface area contributed by atoms with Gasteiger partial charge in [0, 0.05) is 18.6 Å². The van der Waals surface area contributed by atoms with Gasteiger partial charge in [0.05, 0.1) is 7.11 Å². The number of nitrogens with zero attached hydrogens (tertiary/aromatic N) is 2. The van der Waals surface area contributed by atoms with Crippen LogP contribution in [-0.4, -0.2) is 29.2 Å². The minimum Gasteiger partial charge on any atom is -0.466 e. The Balaban J connectivity index is 2.50. The topological polar surface area (TPSA) is 81.2 Å². The quantitative estimate of drug-likeness (QED) is 0.630. The molecule has 0 saturated carbocycles. The Morgan fingerprint density at radius 2 is 2.18 bits per heavy atom. The lowest BCUT2D eigenvalue weighted by Crippen LogP contribution is -2.08. The van der Waals surface area contributed by atoms with Crippen LogP contribution >= 0.6 is 11.3 Å². The molecule has 17 heavy (non-hydrogen) atoms. The van der Waals surface area contributed by atoms with Crippen LogP contribution in [0.2, 0.25) is 0 Å². The molecule has 0 aliphatic heterocycles. The van der Waals surface area contributed by atoms with E-state index in [0.717, 1.165) is 30.0 Å². The third-order valence-corrected chi connectivity index (χ3v) is 2.63. The predicted molar refractivity (Wildman–Crippen MR) is 63.7 cm³/mol. The largest absolute Gasteiger partial charge is 0.466 e. The van der Waals surface area contributed by atoms with E-state index < -0.39 is 11.9 Å². The van der Waals surface area contributed by atoms with Gasteiger partial charge in [-0.15, -0.1) is 10.2 Å². The Morgan fingerprint density at radius 3 is 2.82 bits per heavy atom. The molecule has 6 nitrogen and oxygen atoms in total. The van der Waals surface area contributed by atoms with Crippen LogP contribution in [-0.2, 0) is 20.7 Å². The van der Waals surface area contributed by atoms with Crippen molar-refractivity contribution in [3.63, 3.8) is 0 Å². The third-order valence-electron chi connectivity index (χ3n) is 1.73. The van der Waals surface area contributed by atoms with Gasteiger partial charge in [-0.05, 0) is 6.42 Å². The maximum atomic E-state index is 11.3. The summed E-state index contributed by atoms with van der Waals surface area (Å²) in [7, 11) is 1.24. The molecule has 0 aliphatic rings. The van der Waals surface area contributed by atoms with E-state index in [4.69, 9.17) is 0 Å². The summed E-state index contributed by atoms with van der Waals surface area (Å²) in [5, 5.41) is 11.5. The number of rotatable bonds is 5. The highest BCUT2D eigenvalue weighted by atomic mass is 32.1. The summed E-state index contributed by atoms with van der Waals surface area (Å²) in [4.78, 5) is 22.1. The van der Waals surface area contributed by atoms with Crippen molar-refractivity contribution in [2.24, 2.45) is 0 Å². The summed E-state index contributed by atoms with van der Waals surface area (Å²) in [6.07, 6.45) is 3.95. The molecule has 1 amide bonds. The van der Waals surface area contributed by atoms with Crippen LogP contribution in [0, 0.1) is 0 Å². The Hall–Kier alpha value is -1.76. The number of carbonyl (C=O) groups excluding carboxylic acids is 2. The van der Waals surface area contributed by atoms with Crippen molar-refractivity contribution in [2.45, 2.75) is 19.8 Å². The van der Waals surface area contributed by atoms with Crippen molar-refractivity contribution in [3.05, 3.63) is 17.2 Å². The average molecular weight is 255 g/mol. The molecule has 92 valence electrons. The van der Waals surface area contributed by atoms with Gasteiger partial charge in [0.1, 0.15) is 5.01 Å². The first-order chi connectivity index (χ1) is 8.15. The van der Waals surface area contributed by atoms with Crippen LogP contribution in [0.15, 0.2) is 12.2 Å². The summed E-state index contributed by atoms with van der Waals surface area (Å²) in [5.74, 6) is -1.02. The van der Waals surface area contributed by atoms with Crippen LogP contribution in [0.3, 0.4) is 0 Å². The summed E-state index contributed by atoms with van der Waals surface area (Å²) < 4.78 is 4.36. The number of anilines is 1. The highest BCUT2D eigenvalue weighted by Crippen LogP contribution is 2.16. The van der Waals surface area contributed by atoms with E-state index in [2.05, 4.69) is 20.3 Å². The summed E-state index contributed by atoms with van der Waals surface area (Å²) in [6.45, 7) is 2.04. The Bertz CT molecular complexity index is 428. The smallest absolute Gasteiger partial charge is 0.330 e. The molecular formula is C10H13N3O3S. The summed E-state index contributed by atoms with van der Waals surface area (Å²) >= 11 is 1.32. The van der Waals surface area contributed by atoms with Crippen molar-refractivity contribution in [1.82, 2.24) is 10.2 Å². The van der Waals surface area contributed by atoms with Gasteiger partial charge in [0.15, 0.2) is 0 Å². The van der Waals surface area contributed by atoms with Crippen molar-refractivity contribution in [1.29, 1.82) is 0 Å². The molecule has 0 atom stereocenters. The van der Waals surface area contributed by atoms with Gasteiger partial charge in [-0.1, -0.05) is 18.3 Å². The Morgan fingerprint density at radius 1 is 1.41 bits per heavy atom. The van der Waals surface area contributed by atoms with Gasteiger partial charge >= 0.3 is 5.97 Å². The molecule has 0 spiro atoms. The Labute approximate surface area is 103 Å². The SMILES string of the molecule is CCCc1nnc(NC(=O)/C=C/C(=O)OC)s1. The normalized spacial score (nSPS) is 10.5. The molecule has 1 aromatic heterocycles. The predicted octanol–water partition coefficient (Wildman–Crippen LogP) is 1.16. The maximum absolute atomic E-state index is 11.3. The summed E-state index contributed by atoms with van der Waals surface area (Å²) in [5.41, 5.74) is 0. The van der Waals surface area contributed by atoms with Gasteiger partial charge in [0.25, 0.3) is 0 Å². The molecular weight excluding hydrogens is 242 g/mol. The second kappa shape index (κ2) is 6.74. The fourth-order valence-corrected chi connectivity index (χ4v) is 1.82. The molecule has 0 saturated heterocycles. The number of aromatic nitrogens is 2. The number of hydrogen-bond acceptors (Lipinski definition) is 6. The number of nitrogens with one attached hydrogen (secondary N) is 1. The zero-order chi connectivity index (χ0) is 12.7. The minimum atomic E-state index is -0.580. The molecule has 1 heterocycles. The molecule has 0 aromatic carbocycles. The van der Waals surface area contributed by atoms with Crippen LogP contribution < -0.4 is 5.32 Å². The molecule has 1 aromatic rings. The van der Waals surface area contributed by atoms with Gasteiger partial charge in [-0.3, -0.25) is 10.1 Å². The molecule has 7 heteroatoms. The van der Waals surface area contributed by atoms with Crippen molar-refractivity contribution in [2.75, 3.05) is 12.4 Å². The van der Waals surface area contributed by atoms with E-state index in [1.54, 1.807) is 0 Å². The van der Waals surface area contributed by atoms with Crippen LogP contribution in [0.25, 0.3) is 0 Å². The highest BCUT2D eigenvalue weighted by Gasteiger charge is 2.05. The Kier molecular flexibility index (Phi) is 5.28. The molecule has 0 aliphatic carbocycles. The minimum absolute atomic E-state index is 0.424. The van der Waals surface area contributed by atoms with Gasteiger partial charge in [0.2, 0.25) is 11.0 Å². The van der Waals surface area contributed by atoms with Gasteiger partial charge in [-0.25, -0.2) is 4.79 Å².